The fourth-order valence-electron chi connectivity index (χ4n) is 1.47. The van der Waals surface area contributed by atoms with Gasteiger partial charge in [-0.05, 0) is 35.4 Å². The van der Waals surface area contributed by atoms with E-state index in [-0.39, 0.29) is 5.56 Å². The van der Waals surface area contributed by atoms with Crippen molar-refractivity contribution in [1.82, 2.24) is 5.32 Å². The van der Waals surface area contributed by atoms with Gasteiger partial charge in [0.25, 0.3) is 0 Å². The molecule has 2 amide bonds. The highest BCUT2D eigenvalue weighted by Crippen LogP contribution is 2.23. The topological polar surface area (TPSA) is 78.4 Å². The SMILES string of the molecule is Cc1ccsc1CNC(=O)Nc1sccc1C(=O)O. The fraction of sp³-hybridized carbons (Fsp3) is 0.167. The molecular weight excluding hydrogens is 284 g/mol. The second kappa shape index (κ2) is 5.85. The highest BCUT2D eigenvalue weighted by atomic mass is 32.1. The number of nitrogens with one attached hydrogen (secondary N) is 2. The number of thiophene rings is 2. The lowest BCUT2D eigenvalue weighted by Gasteiger charge is -2.06. The molecule has 0 saturated carbocycles. The molecule has 0 atom stereocenters. The number of carbonyl (C=O) groups excluding carboxylic acids is 1. The van der Waals surface area contributed by atoms with Gasteiger partial charge in [0.05, 0.1) is 12.1 Å². The second-order valence-corrected chi connectivity index (χ2v) is 5.72. The predicted molar refractivity (Wildman–Crippen MR) is 76.2 cm³/mol. The molecule has 100 valence electrons. The summed E-state index contributed by atoms with van der Waals surface area (Å²) in [5.74, 6) is -1.05. The number of aromatic carboxylic acids is 1. The van der Waals surface area contributed by atoms with Gasteiger partial charge in [-0.1, -0.05) is 0 Å². The Kier molecular flexibility index (Phi) is 4.18. The lowest BCUT2D eigenvalue weighted by Crippen LogP contribution is -2.28. The zero-order valence-corrected chi connectivity index (χ0v) is 11.7. The van der Waals surface area contributed by atoms with Crippen LogP contribution in [0.5, 0.6) is 0 Å². The molecule has 0 spiro atoms. The van der Waals surface area contributed by atoms with E-state index in [4.69, 9.17) is 5.11 Å². The first-order valence-corrected chi connectivity index (χ1v) is 7.22. The van der Waals surface area contributed by atoms with Gasteiger partial charge in [-0.3, -0.25) is 5.32 Å². The zero-order chi connectivity index (χ0) is 13.8. The number of hydrogen-bond acceptors (Lipinski definition) is 4. The van der Waals surface area contributed by atoms with Crippen LogP contribution in [0.15, 0.2) is 22.9 Å². The van der Waals surface area contributed by atoms with E-state index >= 15 is 0 Å². The molecule has 0 aliphatic heterocycles. The summed E-state index contributed by atoms with van der Waals surface area (Å²) >= 11 is 2.76. The van der Waals surface area contributed by atoms with Gasteiger partial charge in [-0.25, -0.2) is 9.59 Å². The average Bonchev–Trinajstić information content (AvgIpc) is 2.95. The van der Waals surface area contributed by atoms with Gasteiger partial charge in [0.2, 0.25) is 0 Å². The molecule has 2 heterocycles. The van der Waals surface area contributed by atoms with Gasteiger partial charge in [0.1, 0.15) is 5.00 Å². The molecular formula is C12H12N2O3S2. The molecule has 2 aromatic rings. The summed E-state index contributed by atoms with van der Waals surface area (Å²) < 4.78 is 0. The summed E-state index contributed by atoms with van der Waals surface area (Å²) in [5, 5.41) is 18.1. The maximum Gasteiger partial charge on any atom is 0.338 e. The highest BCUT2D eigenvalue weighted by molar-refractivity contribution is 7.14. The van der Waals surface area contributed by atoms with Crippen molar-refractivity contribution in [1.29, 1.82) is 0 Å². The Morgan fingerprint density at radius 2 is 2.00 bits per heavy atom. The minimum atomic E-state index is -1.05. The number of carboxylic acids is 1. The van der Waals surface area contributed by atoms with Crippen LogP contribution in [0.4, 0.5) is 9.80 Å². The molecule has 0 unspecified atom stereocenters. The zero-order valence-electron chi connectivity index (χ0n) is 10.1. The summed E-state index contributed by atoms with van der Waals surface area (Å²) in [5.41, 5.74) is 1.24. The molecule has 2 rings (SSSR count). The number of hydrogen-bond donors (Lipinski definition) is 3. The van der Waals surface area contributed by atoms with Crippen LogP contribution in [0.2, 0.25) is 0 Å². The van der Waals surface area contributed by atoms with E-state index in [0.29, 0.717) is 11.5 Å². The molecule has 0 aliphatic carbocycles. The first-order chi connectivity index (χ1) is 9.08. The van der Waals surface area contributed by atoms with Gasteiger partial charge in [0, 0.05) is 4.88 Å². The number of carbonyl (C=O) groups is 2. The molecule has 7 heteroatoms. The smallest absolute Gasteiger partial charge is 0.338 e. The number of carboxylic acid groups (broad SMARTS) is 1. The van der Waals surface area contributed by atoms with E-state index in [0.717, 1.165) is 10.4 Å². The Hall–Kier alpha value is -1.86. The van der Waals surface area contributed by atoms with Crippen molar-refractivity contribution in [2.75, 3.05) is 5.32 Å². The van der Waals surface area contributed by atoms with Gasteiger partial charge < -0.3 is 10.4 Å². The van der Waals surface area contributed by atoms with Crippen molar-refractivity contribution in [2.24, 2.45) is 0 Å². The van der Waals surface area contributed by atoms with Crippen molar-refractivity contribution in [3.63, 3.8) is 0 Å². The van der Waals surface area contributed by atoms with E-state index < -0.39 is 12.0 Å². The third-order valence-corrected chi connectivity index (χ3v) is 4.35. The van der Waals surface area contributed by atoms with Crippen LogP contribution in [0.25, 0.3) is 0 Å². The van der Waals surface area contributed by atoms with Crippen LogP contribution >= 0.6 is 22.7 Å². The Labute approximate surface area is 117 Å². The van der Waals surface area contributed by atoms with Crippen LogP contribution in [0, 0.1) is 6.92 Å². The summed E-state index contributed by atoms with van der Waals surface area (Å²) in [6, 6.07) is 3.05. The Bertz CT molecular complexity index is 604. The molecule has 2 aromatic heterocycles. The van der Waals surface area contributed by atoms with Crippen LogP contribution in [-0.2, 0) is 6.54 Å². The Morgan fingerprint density at radius 1 is 1.26 bits per heavy atom. The Morgan fingerprint density at radius 3 is 2.63 bits per heavy atom. The average molecular weight is 296 g/mol. The number of amides is 2. The van der Waals surface area contributed by atoms with E-state index in [1.807, 2.05) is 18.4 Å². The van der Waals surface area contributed by atoms with Gasteiger partial charge in [0.15, 0.2) is 0 Å². The third-order valence-electron chi connectivity index (χ3n) is 2.50. The summed E-state index contributed by atoms with van der Waals surface area (Å²) in [6.45, 7) is 2.41. The summed E-state index contributed by atoms with van der Waals surface area (Å²) in [6.07, 6.45) is 0. The van der Waals surface area contributed by atoms with Crippen LogP contribution < -0.4 is 10.6 Å². The molecule has 0 fully saturated rings. The van der Waals surface area contributed by atoms with Crippen molar-refractivity contribution in [2.45, 2.75) is 13.5 Å². The normalized spacial score (nSPS) is 10.2. The minimum Gasteiger partial charge on any atom is -0.478 e. The van der Waals surface area contributed by atoms with Crippen LogP contribution in [0.3, 0.4) is 0 Å². The lowest BCUT2D eigenvalue weighted by molar-refractivity contribution is 0.0698. The van der Waals surface area contributed by atoms with Gasteiger partial charge >= 0.3 is 12.0 Å². The van der Waals surface area contributed by atoms with Crippen molar-refractivity contribution in [3.05, 3.63) is 38.9 Å². The molecule has 0 aliphatic rings. The second-order valence-electron chi connectivity index (χ2n) is 3.80. The molecule has 0 aromatic carbocycles. The molecule has 3 N–H and O–H groups in total. The third kappa shape index (κ3) is 3.33. The van der Waals surface area contributed by atoms with Crippen LogP contribution in [-0.4, -0.2) is 17.1 Å². The van der Waals surface area contributed by atoms with Gasteiger partial charge in [-0.2, -0.15) is 0 Å². The molecule has 0 bridgehead atoms. The fourth-order valence-corrected chi connectivity index (χ4v) is 3.09. The van der Waals surface area contributed by atoms with Crippen molar-refractivity contribution in [3.8, 4) is 0 Å². The first kappa shape index (κ1) is 13.6. The van der Waals surface area contributed by atoms with E-state index in [1.165, 1.54) is 17.4 Å². The van der Waals surface area contributed by atoms with Crippen molar-refractivity contribution < 1.29 is 14.7 Å². The van der Waals surface area contributed by atoms with Gasteiger partial charge in [-0.15, -0.1) is 22.7 Å². The minimum absolute atomic E-state index is 0.104. The highest BCUT2D eigenvalue weighted by Gasteiger charge is 2.13. The first-order valence-electron chi connectivity index (χ1n) is 5.46. The predicted octanol–water partition coefficient (Wildman–Crippen LogP) is 3.14. The number of urea groups is 1. The number of aryl methyl sites for hydroxylation is 1. The van der Waals surface area contributed by atoms with Crippen LogP contribution in [0.1, 0.15) is 20.8 Å². The van der Waals surface area contributed by atoms with E-state index in [9.17, 15) is 9.59 Å². The molecule has 0 saturated heterocycles. The van der Waals surface area contributed by atoms with Crippen molar-refractivity contribution >= 4 is 39.7 Å². The molecule has 19 heavy (non-hydrogen) atoms. The monoisotopic (exact) mass is 296 g/mol. The summed E-state index contributed by atoms with van der Waals surface area (Å²) in [4.78, 5) is 23.7. The molecule has 5 nitrogen and oxygen atoms in total. The van der Waals surface area contributed by atoms with E-state index in [2.05, 4.69) is 10.6 Å². The number of anilines is 1. The largest absolute Gasteiger partial charge is 0.478 e. The number of rotatable bonds is 4. The van der Waals surface area contributed by atoms with E-state index in [1.54, 1.807) is 16.7 Å². The Balaban J connectivity index is 1.93. The maximum atomic E-state index is 11.7. The maximum absolute atomic E-state index is 11.7. The molecule has 0 radical (unpaired) electrons. The lowest BCUT2D eigenvalue weighted by atomic mass is 10.3. The summed E-state index contributed by atoms with van der Waals surface area (Å²) in [7, 11) is 0. The standard InChI is InChI=1S/C12H12N2O3S2/c1-7-2-4-18-9(7)6-13-12(17)14-10-8(11(15)16)3-5-19-10/h2-5H,6H2,1H3,(H,15,16)(H2,13,14,17). The quantitative estimate of drug-likeness (QED) is 0.811.